The number of halogens is 2. The maximum atomic E-state index is 12.1. The van der Waals surface area contributed by atoms with Gasteiger partial charge in [0.15, 0.2) is 0 Å². The Morgan fingerprint density at radius 2 is 2.12 bits per heavy atom. The summed E-state index contributed by atoms with van der Waals surface area (Å²) in [6.45, 7) is 7.14. The van der Waals surface area contributed by atoms with Crippen LogP contribution < -0.4 is 10.6 Å². The van der Waals surface area contributed by atoms with Gasteiger partial charge in [-0.05, 0) is 24.5 Å². The van der Waals surface area contributed by atoms with Gasteiger partial charge < -0.3 is 15.4 Å². The number of morpholine rings is 1. The van der Waals surface area contributed by atoms with Gasteiger partial charge in [-0.1, -0.05) is 24.3 Å². The summed E-state index contributed by atoms with van der Waals surface area (Å²) in [4.78, 5) is 14.5. The zero-order chi connectivity index (χ0) is 16.1. The third kappa shape index (κ3) is 6.42. The zero-order valence-electron chi connectivity index (χ0n) is 14.7. The van der Waals surface area contributed by atoms with Crippen molar-refractivity contribution in [1.29, 1.82) is 0 Å². The molecule has 2 N–H and O–H groups in total. The number of nitrogens with zero attached hydrogens (tertiary/aromatic N) is 1. The first-order valence-corrected chi connectivity index (χ1v) is 8.61. The first kappa shape index (κ1) is 22.2. The Morgan fingerprint density at radius 3 is 2.84 bits per heavy atom. The second-order valence-electron chi connectivity index (χ2n) is 6.57. The van der Waals surface area contributed by atoms with Crippen LogP contribution in [0.5, 0.6) is 0 Å². The van der Waals surface area contributed by atoms with Crippen molar-refractivity contribution in [3.63, 3.8) is 0 Å². The molecular weight excluding hydrogens is 361 g/mol. The maximum Gasteiger partial charge on any atom is 0.221 e. The Balaban J connectivity index is 0.00000156. The summed E-state index contributed by atoms with van der Waals surface area (Å²) >= 11 is 0. The SMILES string of the molecule is CC(CNC(=O)CC1COCCN1)N1CCc2ccccc2C1.Cl.Cl. The van der Waals surface area contributed by atoms with E-state index in [1.807, 2.05) is 0 Å². The minimum atomic E-state index is 0. The molecule has 0 saturated carbocycles. The quantitative estimate of drug-likeness (QED) is 0.805. The Kier molecular flexibility index (Phi) is 9.75. The van der Waals surface area contributed by atoms with Crippen LogP contribution in [0.1, 0.15) is 24.5 Å². The fourth-order valence-electron chi connectivity index (χ4n) is 3.33. The number of fused-ring (bicyclic) bond motifs is 1. The van der Waals surface area contributed by atoms with E-state index in [2.05, 4.69) is 46.7 Å². The summed E-state index contributed by atoms with van der Waals surface area (Å²) < 4.78 is 5.39. The summed E-state index contributed by atoms with van der Waals surface area (Å²) in [5.74, 6) is 0.109. The highest BCUT2D eigenvalue weighted by Crippen LogP contribution is 2.19. The number of rotatable bonds is 5. The van der Waals surface area contributed by atoms with E-state index in [-0.39, 0.29) is 36.8 Å². The van der Waals surface area contributed by atoms with Gasteiger partial charge in [-0.25, -0.2) is 0 Å². The second-order valence-corrected chi connectivity index (χ2v) is 6.57. The highest BCUT2D eigenvalue weighted by molar-refractivity contribution is 5.85. The van der Waals surface area contributed by atoms with Gasteiger partial charge in [0.1, 0.15) is 0 Å². The minimum absolute atomic E-state index is 0. The van der Waals surface area contributed by atoms with Crippen LogP contribution in [0.4, 0.5) is 0 Å². The monoisotopic (exact) mass is 389 g/mol. The van der Waals surface area contributed by atoms with E-state index in [1.54, 1.807) is 0 Å². The smallest absolute Gasteiger partial charge is 0.221 e. The summed E-state index contributed by atoms with van der Waals surface area (Å²) in [5.41, 5.74) is 2.88. The van der Waals surface area contributed by atoms with E-state index in [0.717, 1.165) is 32.7 Å². The molecule has 2 aliphatic heterocycles. The van der Waals surface area contributed by atoms with E-state index in [4.69, 9.17) is 4.74 Å². The number of nitrogens with one attached hydrogen (secondary N) is 2. The van der Waals surface area contributed by atoms with Crippen LogP contribution in [0.3, 0.4) is 0 Å². The van der Waals surface area contributed by atoms with E-state index >= 15 is 0 Å². The van der Waals surface area contributed by atoms with Crippen molar-refractivity contribution in [2.45, 2.75) is 38.4 Å². The van der Waals surface area contributed by atoms with Crippen molar-refractivity contribution in [1.82, 2.24) is 15.5 Å². The summed E-state index contributed by atoms with van der Waals surface area (Å²) in [6, 6.07) is 9.15. The Morgan fingerprint density at radius 1 is 1.36 bits per heavy atom. The predicted molar refractivity (Wildman–Crippen MR) is 105 cm³/mol. The molecule has 2 atom stereocenters. The standard InChI is InChI=1S/C18H27N3O2.2ClH/c1-14(11-20-18(22)10-17-13-23-9-7-19-17)21-8-6-15-4-2-3-5-16(15)12-21;;/h2-5,14,17,19H,6-13H2,1H3,(H,20,22);2*1H. The van der Waals surface area contributed by atoms with E-state index in [1.165, 1.54) is 11.1 Å². The van der Waals surface area contributed by atoms with Crippen molar-refractivity contribution in [3.05, 3.63) is 35.4 Å². The summed E-state index contributed by atoms with van der Waals surface area (Å²) in [6.07, 6.45) is 1.59. The second kappa shape index (κ2) is 11.0. The number of benzene rings is 1. The minimum Gasteiger partial charge on any atom is -0.378 e. The molecule has 1 saturated heterocycles. The third-order valence-electron chi connectivity index (χ3n) is 4.81. The van der Waals surface area contributed by atoms with Crippen molar-refractivity contribution in [3.8, 4) is 0 Å². The first-order valence-electron chi connectivity index (χ1n) is 8.61. The van der Waals surface area contributed by atoms with E-state index in [0.29, 0.717) is 25.6 Å². The van der Waals surface area contributed by atoms with Gasteiger partial charge >= 0.3 is 0 Å². The number of hydrogen-bond donors (Lipinski definition) is 2. The number of ether oxygens (including phenoxy) is 1. The molecule has 1 aromatic rings. The van der Waals surface area contributed by atoms with E-state index < -0.39 is 0 Å². The molecule has 142 valence electrons. The molecule has 0 aromatic heterocycles. The van der Waals surface area contributed by atoms with Crippen LogP contribution >= 0.6 is 24.8 Å². The molecular formula is C18H29Cl2N3O2. The van der Waals surface area contributed by atoms with Crippen LogP contribution in [0, 0.1) is 0 Å². The van der Waals surface area contributed by atoms with E-state index in [9.17, 15) is 4.79 Å². The van der Waals surface area contributed by atoms with Crippen molar-refractivity contribution < 1.29 is 9.53 Å². The van der Waals surface area contributed by atoms with Crippen LogP contribution in [-0.2, 0) is 22.5 Å². The molecule has 7 heteroatoms. The van der Waals surface area contributed by atoms with Crippen LogP contribution in [0.2, 0.25) is 0 Å². The normalized spacial score (nSPS) is 21.2. The lowest BCUT2D eigenvalue weighted by molar-refractivity contribution is -0.122. The Bertz CT molecular complexity index is 539. The molecule has 1 aromatic carbocycles. The number of amides is 1. The first-order chi connectivity index (χ1) is 11.2. The predicted octanol–water partition coefficient (Wildman–Crippen LogP) is 1.77. The number of carbonyl (C=O) groups excluding carboxylic acids is 1. The Labute approximate surface area is 162 Å². The lowest BCUT2D eigenvalue weighted by atomic mass is 9.99. The highest BCUT2D eigenvalue weighted by Gasteiger charge is 2.21. The van der Waals surface area contributed by atoms with Gasteiger partial charge in [0.05, 0.1) is 13.2 Å². The van der Waals surface area contributed by atoms with Crippen molar-refractivity contribution >= 4 is 30.7 Å². The average Bonchev–Trinajstić information content (AvgIpc) is 2.60. The molecule has 2 heterocycles. The van der Waals surface area contributed by atoms with Gasteiger partial charge in [-0.15, -0.1) is 24.8 Å². The molecule has 0 spiro atoms. The average molecular weight is 390 g/mol. The summed E-state index contributed by atoms with van der Waals surface area (Å²) in [7, 11) is 0. The van der Waals surface area contributed by atoms with Gasteiger partial charge in [0, 0.05) is 44.7 Å². The lowest BCUT2D eigenvalue weighted by Crippen LogP contribution is -2.47. The molecule has 25 heavy (non-hydrogen) atoms. The van der Waals surface area contributed by atoms with Gasteiger partial charge in [-0.2, -0.15) is 0 Å². The molecule has 0 bridgehead atoms. The number of hydrogen-bond acceptors (Lipinski definition) is 4. The fraction of sp³-hybridized carbons (Fsp3) is 0.611. The largest absolute Gasteiger partial charge is 0.378 e. The van der Waals surface area contributed by atoms with Crippen LogP contribution in [0.25, 0.3) is 0 Å². The summed E-state index contributed by atoms with van der Waals surface area (Å²) in [5, 5.41) is 6.39. The Hall–Kier alpha value is -0.850. The van der Waals surface area contributed by atoms with Crippen LogP contribution in [-0.4, -0.2) is 55.7 Å². The molecule has 2 aliphatic rings. The lowest BCUT2D eigenvalue weighted by Gasteiger charge is -2.34. The molecule has 3 rings (SSSR count). The highest BCUT2D eigenvalue weighted by atomic mass is 35.5. The third-order valence-corrected chi connectivity index (χ3v) is 4.81. The molecule has 1 amide bonds. The zero-order valence-corrected chi connectivity index (χ0v) is 16.3. The topological polar surface area (TPSA) is 53.6 Å². The molecule has 0 radical (unpaired) electrons. The van der Waals surface area contributed by atoms with Crippen LogP contribution in [0.15, 0.2) is 24.3 Å². The molecule has 1 fully saturated rings. The molecule has 2 unspecified atom stereocenters. The van der Waals surface area contributed by atoms with Gasteiger partial charge in [0.25, 0.3) is 0 Å². The maximum absolute atomic E-state index is 12.1. The van der Waals surface area contributed by atoms with Crippen molar-refractivity contribution in [2.75, 3.05) is 32.8 Å². The molecule has 5 nitrogen and oxygen atoms in total. The molecule has 0 aliphatic carbocycles. The van der Waals surface area contributed by atoms with Gasteiger partial charge in [0.2, 0.25) is 5.91 Å². The number of carbonyl (C=O) groups is 1. The fourth-order valence-corrected chi connectivity index (χ4v) is 3.33. The van der Waals surface area contributed by atoms with Gasteiger partial charge in [-0.3, -0.25) is 9.69 Å². The van der Waals surface area contributed by atoms with Crippen molar-refractivity contribution in [2.24, 2.45) is 0 Å².